The fourth-order valence-electron chi connectivity index (χ4n) is 2.41. The van der Waals surface area contributed by atoms with E-state index in [1.54, 1.807) is 24.3 Å². The van der Waals surface area contributed by atoms with Gasteiger partial charge >= 0.3 is 5.97 Å². The van der Waals surface area contributed by atoms with Gasteiger partial charge in [-0.2, -0.15) is 0 Å². The van der Waals surface area contributed by atoms with Crippen LogP contribution in [0.4, 0.5) is 0 Å². The standard InChI is InChI=1S/C17H12O4S/c1-9-15(10-2-4-11(5-3-10)17(20)21)16(19)13-7-6-12(18)8-14(13)22-9/h2-8,18H,1H3,(H,20,21). The van der Waals surface area contributed by atoms with Gasteiger partial charge in [0.05, 0.1) is 5.56 Å². The van der Waals surface area contributed by atoms with E-state index >= 15 is 0 Å². The van der Waals surface area contributed by atoms with Crippen LogP contribution in [0.25, 0.3) is 21.2 Å². The highest BCUT2D eigenvalue weighted by Gasteiger charge is 2.13. The molecule has 0 radical (unpaired) electrons. The van der Waals surface area contributed by atoms with Crippen molar-refractivity contribution in [3.8, 4) is 16.9 Å². The summed E-state index contributed by atoms with van der Waals surface area (Å²) in [7, 11) is 0. The molecule has 22 heavy (non-hydrogen) atoms. The summed E-state index contributed by atoms with van der Waals surface area (Å²) in [6.45, 7) is 1.84. The molecule has 110 valence electrons. The predicted octanol–water partition coefficient (Wildman–Crippen LogP) is 3.64. The Balaban J connectivity index is 2.24. The van der Waals surface area contributed by atoms with Crippen molar-refractivity contribution in [3.63, 3.8) is 0 Å². The molecular formula is C17H12O4S. The first-order valence-electron chi connectivity index (χ1n) is 6.57. The molecule has 0 amide bonds. The van der Waals surface area contributed by atoms with Crippen molar-refractivity contribution in [1.82, 2.24) is 0 Å². The molecule has 0 aliphatic heterocycles. The minimum atomic E-state index is -0.998. The van der Waals surface area contributed by atoms with Crippen molar-refractivity contribution in [3.05, 3.63) is 63.1 Å². The molecule has 1 heterocycles. The summed E-state index contributed by atoms with van der Waals surface area (Å²) in [5.41, 5.74) is 1.33. The maximum absolute atomic E-state index is 12.7. The van der Waals surface area contributed by atoms with E-state index in [1.807, 2.05) is 6.92 Å². The van der Waals surface area contributed by atoms with Crippen LogP contribution in [0.15, 0.2) is 47.3 Å². The number of carbonyl (C=O) groups is 1. The Bertz CT molecular complexity index is 939. The molecule has 5 heteroatoms. The Morgan fingerprint density at radius 2 is 1.77 bits per heavy atom. The van der Waals surface area contributed by atoms with E-state index in [0.717, 1.165) is 9.58 Å². The van der Waals surface area contributed by atoms with Gasteiger partial charge in [-0.05, 0) is 42.8 Å². The Hall–Kier alpha value is -2.66. The van der Waals surface area contributed by atoms with E-state index in [-0.39, 0.29) is 16.7 Å². The number of benzene rings is 2. The molecule has 0 atom stereocenters. The van der Waals surface area contributed by atoms with Crippen LogP contribution in [-0.2, 0) is 0 Å². The SMILES string of the molecule is Cc1sc2cc(O)ccc2c(=O)c1-c1ccc(C(=O)O)cc1. The number of aryl methyl sites for hydroxylation is 1. The Morgan fingerprint density at radius 3 is 2.41 bits per heavy atom. The highest BCUT2D eigenvalue weighted by atomic mass is 32.1. The third-order valence-corrected chi connectivity index (χ3v) is 4.54. The van der Waals surface area contributed by atoms with Gasteiger partial charge in [0.15, 0.2) is 5.43 Å². The molecule has 0 fully saturated rings. The van der Waals surface area contributed by atoms with Crippen LogP contribution >= 0.6 is 11.3 Å². The summed E-state index contributed by atoms with van der Waals surface area (Å²) in [6, 6.07) is 10.9. The maximum Gasteiger partial charge on any atom is 0.335 e. The summed E-state index contributed by atoms with van der Waals surface area (Å²) in [5.74, 6) is -0.872. The largest absolute Gasteiger partial charge is 0.508 e. The third kappa shape index (κ3) is 2.35. The first kappa shape index (κ1) is 14.3. The summed E-state index contributed by atoms with van der Waals surface area (Å²) < 4.78 is 0.730. The van der Waals surface area contributed by atoms with Gasteiger partial charge < -0.3 is 10.2 Å². The Morgan fingerprint density at radius 1 is 1.09 bits per heavy atom. The lowest BCUT2D eigenvalue weighted by Gasteiger charge is -2.07. The minimum absolute atomic E-state index is 0.116. The fourth-order valence-corrected chi connectivity index (χ4v) is 3.50. The average molecular weight is 312 g/mol. The fraction of sp³-hybridized carbons (Fsp3) is 0.0588. The molecule has 1 aromatic heterocycles. The number of hydrogen-bond acceptors (Lipinski definition) is 4. The van der Waals surface area contributed by atoms with E-state index in [2.05, 4.69) is 0 Å². The van der Waals surface area contributed by atoms with Crippen molar-refractivity contribution < 1.29 is 15.0 Å². The molecule has 2 N–H and O–H groups in total. The maximum atomic E-state index is 12.7. The lowest BCUT2D eigenvalue weighted by molar-refractivity contribution is 0.0697. The van der Waals surface area contributed by atoms with Gasteiger partial charge in [-0.1, -0.05) is 12.1 Å². The molecule has 0 aliphatic rings. The summed E-state index contributed by atoms with van der Waals surface area (Å²) in [5, 5.41) is 19.0. The second-order valence-electron chi connectivity index (χ2n) is 4.93. The van der Waals surface area contributed by atoms with E-state index in [1.165, 1.54) is 29.5 Å². The second-order valence-corrected chi connectivity index (χ2v) is 6.18. The van der Waals surface area contributed by atoms with Crippen LogP contribution in [0, 0.1) is 6.92 Å². The first-order valence-corrected chi connectivity index (χ1v) is 7.39. The zero-order valence-electron chi connectivity index (χ0n) is 11.7. The molecule has 0 saturated heterocycles. The number of phenols is 1. The summed E-state index contributed by atoms with van der Waals surface area (Å²) >= 11 is 1.43. The van der Waals surface area contributed by atoms with Gasteiger partial charge in [0.2, 0.25) is 0 Å². The number of phenolic OH excluding ortho intramolecular Hbond substituents is 1. The second kappa shape index (κ2) is 5.27. The van der Waals surface area contributed by atoms with E-state index < -0.39 is 5.97 Å². The Kier molecular flexibility index (Phi) is 3.42. The van der Waals surface area contributed by atoms with Crippen molar-refractivity contribution in [2.45, 2.75) is 6.92 Å². The molecule has 0 aliphatic carbocycles. The number of aromatic carboxylic acids is 1. The minimum Gasteiger partial charge on any atom is -0.508 e. The molecule has 0 bridgehead atoms. The van der Waals surface area contributed by atoms with E-state index in [9.17, 15) is 14.7 Å². The van der Waals surface area contributed by atoms with Crippen LogP contribution in [0.3, 0.4) is 0 Å². The quantitative estimate of drug-likeness (QED) is 0.757. The molecule has 3 aromatic rings. The number of carboxylic acid groups (broad SMARTS) is 1. The monoisotopic (exact) mass is 312 g/mol. The number of rotatable bonds is 2. The topological polar surface area (TPSA) is 74.6 Å². The lowest BCUT2D eigenvalue weighted by atomic mass is 10.0. The van der Waals surface area contributed by atoms with Gasteiger partial charge in [0.1, 0.15) is 5.75 Å². The average Bonchev–Trinajstić information content (AvgIpc) is 2.47. The highest BCUT2D eigenvalue weighted by Crippen LogP contribution is 2.30. The third-order valence-electron chi connectivity index (χ3n) is 3.47. The molecule has 0 saturated carbocycles. The molecule has 0 unspecified atom stereocenters. The smallest absolute Gasteiger partial charge is 0.335 e. The molecular weight excluding hydrogens is 300 g/mol. The van der Waals surface area contributed by atoms with Gasteiger partial charge in [0.25, 0.3) is 0 Å². The summed E-state index contributed by atoms with van der Waals surface area (Å²) in [4.78, 5) is 24.4. The number of carboxylic acids is 1. The first-order chi connectivity index (χ1) is 10.5. The lowest BCUT2D eigenvalue weighted by Crippen LogP contribution is -2.06. The normalized spacial score (nSPS) is 10.8. The Labute approximate surface area is 129 Å². The van der Waals surface area contributed by atoms with E-state index in [0.29, 0.717) is 16.5 Å². The van der Waals surface area contributed by atoms with Gasteiger partial charge in [0, 0.05) is 20.5 Å². The van der Waals surface area contributed by atoms with Crippen molar-refractivity contribution in [2.75, 3.05) is 0 Å². The number of fused-ring (bicyclic) bond motifs is 1. The zero-order chi connectivity index (χ0) is 15.9. The van der Waals surface area contributed by atoms with Gasteiger partial charge in [-0.3, -0.25) is 4.79 Å². The summed E-state index contributed by atoms with van der Waals surface area (Å²) in [6.07, 6.45) is 0. The molecule has 2 aromatic carbocycles. The van der Waals surface area contributed by atoms with Gasteiger partial charge in [-0.25, -0.2) is 4.79 Å². The highest BCUT2D eigenvalue weighted by molar-refractivity contribution is 7.18. The molecule has 0 spiro atoms. The van der Waals surface area contributed by atoms with Crippen molar-refractivity contribution >= 4 is 27.4 Å². The van der Waals surface area contributed by atoms with Gasteiger partial charge in [-0.15, -0.1) is 11.3 Å². The molecule has 4 nitrogen and oxygen atoms in total. The predicted molar refractivity (Wildman–Crippen MR) is 86.9 cm³/mol. The number of hydrogen-bond donors (Lipinski definition) is 2. The van der Waals surface area contributed by atoms with Crippen LogP contribution in [0.1, 0.15) is 15.2 Å². The van der Waals surface area contributed by atoms with Crippen LogP contribution in [0.2, 0.25) is 0 Å². The zero-order valence-corrected chi connectivity index (χ0v) is 12.5. The van der Waals surface area contributed by atoms with E-state index in [4.69, 9.17) is 5.11 Å². The van der Waals surface area contributed by atoms with Crippen molar-refractivity contribution in [2.24, 2.45) is 0 Å². The van der Waals surface area contributed by atoms with Crippen molar-refractivity contribution in [1.29, 1.82) is 0 Å². The molecule has 3 rings (SSSR count). The van der Waals surface area contributed by atoms with Crippen LogP contribution in [-0.4, -0.2) is 16.2 Å². The van der Waals surface area contributed by atoms with Crippen LogP contribution in [0.5, 0.6) is 5.75 Å². The van der Waals surface area contributed by atoms with Crippen LogP contribution < -0.4 is 5.43 Å². The number of aromatic hydroxyl groups is 1.